The van der Waals surface area contributed by atoms with Gasteiger partial charge in [-0.25, -0.2) is 4.39 Å². The average molecular weight is 360 g/mol. The van der Waals surface area contributed by atoms with E-state index in [9.17, 15) is 9.18 Å². The first-order valence-corrected chi connectivity index (χ1v) is 8.74. The Morgan fingerprint density at radius 2 is 1.77 bits per heavy atom. The number of amides is 1. The topological polar surface area (TPSA) is 50.8 Å². The van der Waals surface area contributed by atoms with Crippen LogP contribution in [0.25, 0.3) is 0 Å². The summed E-state index contributed by atoms with van der Waals surface area (Å²) in [5.74, 6) is 0.354. The van der Waals surface area contributed by atoms with Crippen molar-refractivity contribution >= 4 is 11.6 Å². The van der Waals surface area contributed by atoms with Crippen LogP contribution >= 0.6 is 0 Å². The summed E-state index contributed by atoms with van der Waals surface area (Å²) in [6, 6.07) is 12.8. The van der Waals surface area contributed by atoms with Crippen LogP contribution in [0.4, 0.5) is 10.1 Å². The monoisotopic (exact) mass is 360 g/mol. The van der Waals surface area contributed by atoms with Crippen molar-refractivity contribution in [3.63, 3.8) is 0 Å². The van der Waals surface area contributed by atoms with Gasteiger partial charge in [0.25, 0.3) is 5.91 Å². The third-order valence-corrected chi connectivity index (χ3v) is 3.87. The van der Waals surface area contributed by atoms with Gasteiger partial charge in [-0.15, -0.1) is 0 Å². The minimum absolute atomic E-state index is 0.189. The highest BCUT2D eigenvalue weighted by molar-refractivity contribution is 5.91. The lowest BCUT2D eigenvalue weighted by atomic mass is 10.3. The van der Waals surface area contributed by atoms with Crippen molar-refractivity contribution in [3.05, 3.63) is 54.3 Å². The van der Waals surface area contributed by atoms with Gasteiger partial charge < -0.3 is 19.7 Å². The number of nitrogens with one attached hydrogen (secondary N) is 1. The molecule has 0 aromatic heterocycles. The SMILES string of the molecule is CCN(CC)CCOc1ccc(NC(=O)COc2cccc(F)c2)cc1. The van der Waals surface area contributed by atoms with Gasteiger partial charge in [0.2, 0.25) is 0 Å². The summed E-state index contributed by atoms with van der Waals surface area (Å²) >= 11 is 0. The maximum absolute atomic E-state index is 13.1. The molecule has 0 fully saturated rings. The first-order valence-electron chi connectivity index (χ1n) is 8.74. The summed E-state index contributed by atoms with van der Waals surface area (Å²) in [4.78, 5) is 14.2. The second kappa shape index (κ2) is 10.4. The van der Waals surface area contributed by atoms with E-state index in [-0.39, 0.29) is 12.5 Å². The normalized spacial score (nSPS) is 10.6. The van der Waals surface area contributed by atoms with Crippen LogP contribution in [0.5, 0.6) is 11.5 Å². The summed E-state index contributed by atoms with van der Waals surface area (Å²) in [5.41, 5.74) is 0.647. The van der Waals surface area contributed by atoms with Crippen molar-refractivity contribution in [1.82, 2.24) is 4.90 Å². The predicted molar refractivity (Wildman–Crippen MR) is 100 cm³/mol. The van der Waals surface area contributed by atoms with Gasteiger partial charge in [-0.3, -0.25) is 4.79 Å². The fourth-order valence-electron chi connectivity index (χ4n) is 2.37. The Labute approximate surface area is 153 Å². The Morgan fingerprint density at radius 3 is 2.42 bits per heavy atom. The number of ether oxygens (including phenoxy) is 2. The molecule has 0 spiro atoms. The number of hydrogen-bond acceptors (Lipinski definition) is 4. The number of likely N-dealkylation sites (N-methyl/N-ethyl adjacent to an activating group) is 1. The van der Waals surface area contributed by atoms with E-state index in [1.165, 1.54) is 18.2 Å². The van der Waals surface area contributed by atoms with Gasteiger partial charge in [-0.05, 0) is 49.5 Å². The zero-order chi connectivity index (χ0) is 18.8. The second-order valence-corrected chi connectivity index (χ2v) is 5.69. The average Bonchev–Trinajstić information content (AvgIpc) is 2.65. The molecule has 0 aliphatic heterocycles. The van der Waals surface area contributed by atoms with Crippen LogP contribution in [0.3, 0.4) is 0 Å². The molecule has 1 amide bonds. The lowest BCUT2D eigenvalue weighted by Gasteiger charge is -2.18. The number of nitrogens with zero attached hydrogens (tertiary/aromatic N) is 1. The molecule has 2 aromatic carbocycles. The molecule has 0 unspecified atom stereocenters. The third kappa shape index (κ3) is 6.72. The minimum atomic E-state index is -0.403. The molecule has 0 aliphatic rings. The summed E-state index contributed by atoms with van der Waals surface area (Å²) < 4.78 is 24.0. The van der Waals surface area contributed by atoms with Crippen molar-refractivity contribution in [2.75, 3.05) is 38.2 Å². The Bertz CT molecular complexity index is 688. The van der Waals surface area contributed by atoms with Crippen molar-refractivity contribution in [2.45, 2.75) is 13.8 Å². The summed E-state index contributed by atoms with van der Waals surface area (Å²) in [7, 11) is 0. The van der Waals surface area contributed by atoms with Gasteiger partial charge in [-0.2, -0.15) is 0 Å². The largest absolute Gasteiger partial charge is 0.492 e. The molecule has 1 N–H and O–H groups in total. The zero-order valence-electron chi connectivity index (χ0n) is 15.2. The van der Waals surface area contributed by atoms with Crippen LogP contribution in [0.2, 0.25) is 0 Å². The van der Waals surface area contributed by atoms with Crippen molar-refractivity contribution in [2.24, 2.45) is 0 Å². The van der Waals surface area contributed by atoms with Gasteiger partial charge in [0.05, 0.1) is 0 Å². The molecule has 5 nitrogen and oxygen atoms in total. The van der Waals surface area contributed by atoms with Crippen LogP contribution in [0.15, 0.2) is 48.5 Å². The standard InChI is InChI=1S/C20H25FN2O3/c1-3-23(4-2)12-13-25-18-10-8-17(9-11-18)22-20(24)15-26-19-7-5-6-16(21)14-19/h5-11,14H,3-4,12-13,15H2,1-2H3,(H,22,24). The van der Waals surface area contributed by atoms with E-state index < -0.39 is 5.82 Å². The van der Waals surface area contributed by atoms with Gasteiger partial charge in [0.15, 0.2) is 6.61 Å². The highest BCUT2D eigenvalue weighted by Crippen LogP contribution is 2.16. The van der Waals surface area contributed by atoms with Gasteiger partial charge in [0.1, 0.15) is 23.9 Å². The molecule has 0 saturated heterocycles. The van der Waals surface area contributed by atoms with E-state index in [1.54, 1.807) is 18.2 Å². The van der Waals surface area contributed by atoms with Gasteiger partial charge >= 0.3 is 0 Å². The van der Waals surface area contributed by atoms with Crippen LogP contribution in [-0.2, 0) is 4.79 Å². The molecule has 140 valence electrons. The smallest absolute Gasteiger partial charge is 0.262 e. The molecule has 0 bridgehead atoms. The van der Waals surface area contributed by atoms with E-state index in [1.807, 2.05) is 12.1 Å². The minimum Gasteiger partial charge on any atom is -0.492 e. The molecule has 0 heterocycles. The molecule has 0 saturated carbocycles. The van der Waals surface area contributed by atoms with Crippen molar-refractivity contribution in [3.8, 4) is 11.5 Å². The molecule has 2 aromatic rings. The van der Waals surface area contributed by atoms with Crippen LogP contribution < -0.4 is 14.8 Å². The number of anilines is 1. The predicted octanol–water partition coefficient (Wildman–Crippen LogP) is 3.56. The lowest BCUT2D eigenvalue weighted by Crippen LogP contribution is -2.27. The Morgan fingerprint density at radius 1 is 1.04 bits per heavy atom. The maximum atomic E-state index is 13.1. The summed E-state index contributed by atoms with van der Waals surface area (Å²) in [5, 5.41) is 2.73. The van der Waals surface area contributed by atoms with E-state index in [0.29, 0.717) is 18.0 Å². The van der Waals surface area contributed by atoms with E-state index in [4.69, 9.17) is 9.47 Å². The van der Waals surface area contributed by atoms with Crippen LogP contribution in [-0.4, -0.2) is 43.7 Å². The highest BCUT2D eigenvalue weighted by atomic mass is 19.1. The lowest BCUT2D eigenvalue weighted by molar-refractivity contribution is -0.118. The van der Waals surface area contributed by atoms with Crippen molar-refractivity contribution in [1.29, 1.82) is 0 Å². The number of rotatable bonds is 10. The third-order valence-electron chi connectivity index (χ3n) is 3.87. The fourth-order valence-corrected chi connectivity index (χ4v) is 2.37. The molecular weight excluding hydrogens is 335 g/mol. The van der Waals surface area contributed by atoms with Crippen LogP contribution in [0.1, 0.15) is 13.8 Å². The van der Waals surface area contributed by atoms with Gasteiger partial charge in [0, 0.05) is 18.3 Å². The molecule has 26 heavy (non-hydrogen) atoms. The second-order valence-electron chi connectivity index (χ2n) is 5.69. The first kappa shape index (κ1) is 19.7. The number of carbonyl (C=O) groups is 1. The summed E-state index contributed by atoms with van der Waals surface area (Å²) in [6.07, 6.45) is 0. The molecule has 6 heteroatoms. The number of hydrogen-bond donors (Lipinski definition) is 1. The Hall–Kier alpha value is -2.60. The molecule has 0 aliphatic carbocycles. The first-order chi connectivity index (χ1) is 12.6. The maximum Gasteiger partial charge on any atom is 0.262 e. The number of halogens is 1. The Kier molecular flexibility index (Phi) is 7.89. The number of benzene rings is 2. The van der Waals surface area contributed by atoms with E-state index >= 15 is 0 Å². The van der Waals surface area contributed by atoms with Crippen molar-refractivity contribution < 1.29 is 18.7 Å². The van der Waals surface area contributed by atoms with Gasteiger partial charge in [-0.1, -0.05) is 19.9 Å². The van der Waals surface area contributed by atoms with Crippen LogP contribution in [0, 0.1) is 5.82 Å². The molecule has 0 atom stereocenters. The fraction of sp³-hybridized carbons (Fsp3) is 0.350. The summed E-state index contributed by atoms with van der Waals surface area (Å²) in [6.45, 7) is 7.56. The van der Waals surface area contributed by atoms with E-state index in [0.717, 1.165) is 25.4 Å². The Balaban J connectivity index is 1.74. The quantitative estimate of drug-likeness (QED) is 0.704. The molecule has 2 rings (SSSR count). The number of carbonyl (C=O) groups excluding carboxylic acids is 1. The molecular formula is C20H25FN2O3. The van der Waals surface area contributed by atoms with E-state index in [2.05, 4.69) is 24.1 Å². The highest BCUT2D eigenvalue weighted by Gasteiger charge is 2.05. The molecule has 0 radical (unpaired) electrons. The zero-order valence-corrected chi connectivity index (χ0v) is 15.2.